The second kappa shape index (κ2) is 6.30. The predicted octanol–water partition coefficient (Wildman–Crippen LogP) is 3.38. The lowest BCUT2D eigenvalue weighted by Crippen LogP contribution is -2.39. The zero-order valence-electron chi connectivity index (χ0n) is 14.2. The number of piperidine rings is 1. The summed E-state index contributed by atoms with van der Waals surface area (Å²) in [5, 5.41) is 3.46. The molecule has 0 unspecified atom stereocenters. The van der Waals surface area contributed by atoms with Gasteiger partial charge in [-0.05, 0) is 39.0 Å². The molecule has 4 heteroatoms. The fourth-order valence-corrected chi connectivity index (χ4v) is 2.57. The lowest BCUT2D eigenvalue weighted by atomic mass is 9.78. The molecule has 1 saturated heterocycles. The van der Waals surface area contributed by atoms with Gasteiger partial charge in [0.25, 0.3) is 0 Å². The van der Waals surface area contributed by atoms with Crippen molar-refractivity contribution in [2.75, 3.05) is 18.0 Å². The Kier molecular flexibility index (Phi) is 4.87. The minimum atomic E-state index is 0.121. The minimum Gasteiger partial charge on any atom is -0.341 e. The average molecular weight is 290 g/mol. The number of nitrogens with one attached hydrogen (secondary N) is 1. The summed E-state index contributed by atoms with van der Waals surface area (Å²) in [6.07, 6.45) is 7.64. The van der Waals surface area contributed by atoms with Crippen molar-refractivity contribution in [1.29, 1.82) is 0 Å². The molecule has 0 aromatic carbocycles. The molecule has 1 N–H and O–H groups in total. The highest BCUT2D eigenvalue weighted by molar-refractivity contribution is 5.30. The minimum absolute atomic E-state index is 0.121. The van der Waals surface area contributed by atoms with Gasteiger partial charge in [-0.3, -0.25) is 0 Å². The van der Waals surface area contributed by atoms with Crippen LogP contribution < -0.4 is 10.2 Å². The molecule has 0 radical (unpaired) electrons. The molecule has 1 aliphatic heterocycles. The van der Waals surface area contributed by atoms with Crippen LogP contribution in [0.1, 0.15) is 59.4 Å². The molecule has 0 bridgehead atoms. The number of hydrogen-bond donors (Lipinski definition) is 1. The number of anilines is 1. The fourth-order valence-electron chi connectivity index (χ4n) is 2.57. The first-order valence-electron chi connectivity index (χ1n) is 8.12. The summed E-state index contributed by atoms with van der Waals surface area (Å²) >= 11 is 0. The maximum Gasteiger partial charge on any atom is 0.225 e. The Morgan fingerprint density at radius 2 is 1.76 bits per heavy atom. The normalized spacial score (nSPS) is 18.8. The molecule has 1 fully saturated rings. The molecular formula is C17H30N4. The highest BCUT2D eigenvalue weighted by atomic mass is 15.2. The van der Waals surface area contributed by atoms with Crippen molar-refractivity contribution in [2.24, 2.45) is 5.41 Å². The summed E-state index contributed by atoms with van der Waals surface area (Å²) in [7, 11) is 0. The van der Waals surface area contributed by atoms with E-state index in [0.29, 0.717) is 5.41 Å². The lowest BCUT2D eigenvalue weighted by molar-refractivity contribution is 0.237. The van der Waals surface area contributed by atoms with Gasteiger partial charge in [0.2, 0.25) is 5.95 Å². The van der Waals surface area contributed by atoms with Crippen LogP contribution in [0.15, 0.2) is 12.4 Å². The quantitative estimate of drug-likeness (QED) is 0.923. The molecular weight excluding hydrogens is 260 g/mol. The molecule has 21 heavy (non-hydrogen) atoms. The Balaban J connectivity index is 1.91. The molecule has 4 nitrogen and oxygen atoms in total. The summed E-state index contributed by atoms with van der Waals surface area (Å²) in [5.74, 6) is 0.882. The Hall–Kier alpha value is -1.16. The number of rotatable bonds is 4. The summed E-state index contributed by atoms with van der Waals surface area (Å²) in [6, 6.07) is 0. The smallest absolute Gasteiger partial charge is 0.225 e. The van der Waals surface area contributed by atoms with Crippen molar-refractivity contribution in [3.05, 3.63) is 18.0 Å². The molecule has 1 aromatic rings. The molecule has 0 spiro atoms. The van der Waals surface area contributed by atoms with Gasteiger partial charge in [0.15, 0.2) is 0 Å². The van der Waals surface area contributed by atoms with E-state index in [0.717, 1.165) is 31.1 Å². The SMILES string of the molecule is CCC1(C)CCN(c2ncc(CNC(C)(C)C)cn2)CC1. The Morgan fingerprint density at radius 1 is 1.19 bits per heavy atom. The Labute approximate surface area is 129 Å². The summed E-state index contributed by atoms with van der Waals surface area (Å²) in [4.78, 5) is 11.4. The first kappa shape index (κ1) is 16.2. The maximum absolute atomic E-state index is 4.55. The fraction of sp³-hybridized carbons (Fsp3) is 0.765. The van der Waals surface area contributed by atoms with Crippen LogP contribution in [0.4, 0.5) is 5.95 Å². The van der Waals surface area contributed by atoms with E-state index < -0.39 is 0 Å². The second-order valence-corrected chi connectivity index (χ2v) is 7.65. The van der Waals surface area contributed by atoms with Crippen molar-refractivity contribution in [2.45, 2.75) is 66.0 Å². The molecule has 118 valence electrons. The van der Waals surface area contributed by atoms with E-state index in [-0.39, 0.29) is 5.54 Å². The Bertz CT molecular complexity index is 439. The van der Waals surface area contributed by atoms with E-state index >= 15 is 0 Å². The summed E-state index contributed by atoms with van der Waals surface area (Å²) in [5.41, 5.74) is 1.77. The van der Waals surface area contributed by atoms with Gasteiger partial charge in [-0.2, -0.15) is 0 Å². The van der Waals surface area contributed by atoms with Crippen molar-refractivity contribution in [3.63, 3.8) is 0 Å². The van der Waals surface area contributed by atoms with Gasteiger partial charge in [0.05, 0.1) is 0 Å². The topological polar surface area (TPSA) is 41.1 Å². The van der Waals surface area contributed by atoms with Gasteiger partial charge < -0.3 is 10.2 Å². The first-order chi connectivity index (χ1) is 9.81. The van der Waals surface area contributed by atoms with Gasteiger partial charge in [-0.15, -0.1) is 0 Å². The van der Waals surface area contributed by atoms with E-state index in [1.165, 1.54) is 19.3 Å². The third-order valence-electron chi connectivity index (χ3n) is 4.62. The van der Waals surface area contributed by atoms with Crippen LogP contribution in [0.5, 0.6) is 0 Å². The van der Waals surface area contributed by atoms with E-state index in [1.54, 1.807) is 0 Å². The third-order valence-corrected chi connectivity index (χ3v) is 4.62. The standard InChI is InChI=1S/C17H30N4/c1-6-17(5)7-9-21(10-8-17)15-18-11-14(12-19-15)13-20-16(2,3)4/h11-12,20H,6-10,13H2,1-5H3. The van der Waals surface area contributed by atoms with E-state index in [2.05, 4.69) is 54.8 Å². The van der Waals surface area contributed by atoms with Gasteiger partial charge in [-0.1, -0.05) is 20.3 Å². The zero-order valence-corrected chi connectivity index (χ0v) is 14.2. The monoisotopic (exact) mass is 290 g/mol. The van der Waals surface area contributed by atoms with Gasteiger partial charge in [-0.25, -0.2) is 9.97 Å². The van der Waals surface area contributed by atoms with Crippen LogP contribution in [-0.2, 0) is 6.54 Å². The van der Waals surface area contributed by atoms with Crippen molar-refractivity contribution < 1.29 is 0 Å². The van der Waals surface area contributed by atoms with Crippen LogP contribution >= 0.6 is 0 Å². The van der Waals surface area contributed by atoms with Crippen molar-refractivity contribution in [3.8, 4) is 0 Å². The molecule has 0 amide bonds. The molecule has 0 atom stereocenters. The van der Waals surface area contributed by atoms with Gasteiger partial charge in [0.1, 0.15) is 0 Å². The van der Waals surface area contributed by atoms with E-state index in [4.69, 9.17) is 0 Å². The van der Waals surface area contributed by atoms with Crippen molar-refractivity contribution in [1.82, 2.24) is 15.3 Å². The Morgan fingerprint density at radius 3 is 2.24 bits per heavy atom. The predicted molar refractivity (Wildman–Crippen MR) is 88.5 cm³/mol. The highest BCUT2D eigenvalue weighted by Gasteiger charge is 2.29. The van der Waals surface area contributed by atoms with Gasteiger partial charge >= 0.3 is 0 Å². The number of nitrogens with zero attached hydrogens (tertiary/aromatic N) is 3. The lowest BCUT2D eigenvalue weighted by Gasteiger charge is -2.38. The maximum atomic E-state index is 4.55. The molecule has 2 heterocycles. The highest BCUT2D eigenvalue weighted by Crippen LogP contribution is 2.34. The molecule has 1 aliphatic rings. The molecule has 2 rings (SSSR count). The summed E-state index contributed by atoms with van der Waals surface area (Å²) in [6.45, 7) is 14.2. The summed E-state index contributed by atoms with van der Waals surface area (Å²) < 4.78 is 0. The molecule has 0 aliphatic carbocycles. The number of aromatic nitrogens is 2. The zero-order chi connectivity index (χ0) is 15.5. The molecule has 0 saturated carbocycles. The van der Waals surface area contributed by atoms with Gasteiger partial charge in [0, 0.05) is 43.1 Å². The largest absolute Gasteiger partial charge is 0.341 e. The van der Waals surface area contributed by atoms with Crippen molar-refractivity contribution >= 4 is 5.95 Å². The average Bonchev–Trinajstić information content (AvgIpc) is 2.46. The molecule has 1 aromatic heterocycles. The second-order valence-electron chi connectivity index (χ2n) is 7.65. The van der Waals surface area contributed by atoms with Crippen LogP contribution in [0.2, 0.25) is 0 Å². The number of hydrogen-bond acceptors (Lipinski definition) is 4. The van der Waals surface area contributed by atoms with Crippen LogP contribution in [-0.4, -0.2) is 28.6 Å². The van der Waals surface area contributed by atoms with Crippen LogP contribution in [0, 0.1) is 5.41 Å². The third kappa shape index (κ3) is 4.67. The van der Waals surface area contributed by atoms with E-state index in [9.17, 15) is 0 Å². The first-order valence-corrected chi connectivity index (χ1v) is 8.12. The van der Waals surface area contributed by atoms with E-state index in [1.807, 2.05) is 12.4 Å². The van der Waals surface area contributed by atoms with Crippen LogP contribution in [0.3, 0.4) is 0 Å². The van der Waals surface area contributed by atoms with Crippen LogP contribution in [0.25, 0.3) is 0 Å².